The summed E-state index contributed by atoms with van der Waals surface area (Å²) in [6.07, 6.45) is 3.88. The maximum absolute atomic E-state index is 11.0. The summed E-state index contributed by atoms with van der Waals surface area (Å²) >= 11 is 0. The largest absolute Gasteiger partial charge is 0.478 e. The van der Waals surface area contributed by atoms with Crippen molar-refractivity contribution < 1.29 is 9.90 Å². The second-order valence-corrected chi connectivity index (χ2v) is 4.89. The molecule has 3 heteroatoms. The van der Waals surface area contributed by atoms with E-state index >= 15 is 0 Å². The van der Waals surface area contributed by atoms with Crippen LogP contribution in [-0.4, -0.2) is 15.6 Å². The Morgan fingerprint density at radius 3 is 2.50 bits per heavy atom. The van der Waals surface area contributed by atoms with Crippen LogP contribution in [-0.2, 0) is 0 Å². The van der Waals surface area contributed by atoms with Gasteiger partial charge in [-0.25, -0.2) is 4.79 Å². The summed E-state index contributed by atoms with van der Waals surface area (Å²) < 4.78 is 2.19. The molecule has 1 atom stereocenters. The van der Waals surface area contributed by atoms with Gasteiger partial charge in [0.25, 0.3) is 0 Å². The highest BCUT2D eigenvalue weighted by atomic mass is 16.4. The van der Waals surface area contributed by atoms with Crippen LogP contribution in [0.2, 0.25) is 0 Å². The van der Waals surface area contributed by atoms with Crippen LogP contribution < -0.4 is 0 Å². The third-order valence-electron chi connectivity index (χ3n) is 3.95. The fourth-order valence-corrected chi connectivity index (χ4v) is 2.75. The Morgan fingerprint density at radius 1 is 1.50 bits per heavy atom. The quantitative estimate of drug-likeness (QED) is 0.851. The molecule has 1 unspecified atom stereocenters. The van der Waals surface area contributed by atoms with Crippen LogP contribution in [0.5, 0.6) is 0 Å². The second kappa shape index (κ2) is 3.96. The molecule has 1 aliphatic carbocycles. The first-order valence-electron chi connectivity index (χ1n) is 5.94. The zero-order chi connectivity index (χ0) is 11.9. The molecule has 88 valence electrons. The first-order valence-corrected chi connectivity index (χ1v) is 5.94. The number of carbonyl (C=O) groups is 1. The van der Waals surface area contributed by atoms with Crippen LogP contribution in [0.3, 0.4) is 0 Å². The van der Waals surface area contributed by atoms with Crippen molar-refractivity contribution in [2.24, 2.45) is 5.92 Å². The summed E-state index contributed by atoms with van der Waals surface area (Å²) in [5, 5.41) is 9.08. The summed E-state index contributed by atoms with van der Waals surface area (Å²) in [4.78, 5) is 11.0. The van der Waals surface area contributed by atoms with Crippen molar-refractivity contribution in [1.82, 2.24) is 4.57 Å². The van der Waals surface area contributed by atoms with Gasteiger partial charge in [-0.05, 0) is 45.6 Å². The Kier molecular flexibility index (Phi) is 2.78. The Balaban J connectivity index is 2.35. The molecule has 0 saturated heterocycles. The molecule has 0 radical (unpaired) electrons. The van der Waals surface area contributed by atoms with Gasteiger partial charge in [-0.3, -0.25) is 0 Å². The smallest absolute Gasteiger partial charge is 0.337 e. The predicted molar refractivity (Wildman–Crippen MR) is 62.9 cm³/mol. The Hall–Kier alpha value is -1.25. The summed E-state index contributed by atoms with van der Waals surface area (Å²) in [6.45, 7) is 6.11. The zero-order valence-corrected chi connectivity index (χ0v) is 10.2. The van der Waals surface area contributed by atoms with Crippen molar-refractivity contribution in [2.75, 3.05) is 0 Å². The molecule has 0 aromatic carbocycles. The summed E-state index contributed by atoms with van der Waals surface area (Å²) in [7, 11) is 0. The molecule has 1 fully saturated rings. The van der Waals surface area contributed by atoms with Gasteiger partial charge in [-0.15, -0.1) is 0 Å². The third kappa shape index (κ3) is 1.64. The fraction of sp³-hybridized carbons (Fsp3) is 0.615. The topological polar surface area (TPSA) is 42.2 Å². The third-order valence-corrected chi connectivity index (χ3v) is 3.95. The standard InChI is InChI=1S/C13H19NO2/c1-8-7-12(13(15)16)10(3)14(8)9(2)11-5-4-6-11/h7,9,11H,4-6H2,1-3H3,(H,15,16). The molecular weight excluding hydrogens is 202 g/mol. The Morgan fingerprint density at radius 2 is 2.12 bits per heavy atom. The molecule has 1 aromatic rings. The van der Waals surface area contributed by atoms with E-state index < -0.39 is 5.97 Å². The molecule has 0 amide bonds. The molecule has 1 saturated carbocycles. The number of rotatable bonds is 3. The Labute approximate surface area is 96.1 Å². The van der Waals surface area contributed by atoms with Crippen LogP contribution >= 0.6 is 0 Å². The second-order valence-electron chi connectivity index (χ2n) is 4.89. The molecule has 1 aliphatic rings. The normalized spacial score (nSPS) is 18.2. The highest BCUT2D eigenvalue weighted by molar-refractivity contribution is 5.89. The maximum Gasteiger partial charge on any atom is 0.337 e. The maximum atomic E-state index is 11.0. The lowest BCUT2D eigenvalue weighted by Crippen LogP contribution is -2.24. The monoisotopic (exact) mass is 221 g/mol. The van der Waals surface area contributed by atoms with Crippen LogP contribution in [0.1, 0.15) is 54.0 Å². The molecule has 0 bridgehead atoms. The molecule has 1 aromatic heterocycles. The molecule has 16 heavy (non-hydrogen) atoms. The number of carboxylic acids is 1. The zero-order valence-electron chi connectivity index (χ0n) is 10.2. The van der Waals surface area contributed by atoms with Gasteiger partial charge in [0.1, 0.15) is 0 Å². The van der Waals surface area contributed by atoms with Gasteiger partial charge < -0.3 is 9.67 Å². The number of aryl methyl sites for hydroxylation is 1. The van der Waals surface area contributed by atoms with Crippen LogP contribution in [0, 0.1) is 19.8 Å². The van der Waals surface area contributed by atoms with Crippen molar-refractivity contribution in [3.05, 3.63) is 23.0 Å². The lowest BCUT2D eigenvalue weighted by atomic mass is 9.80. The van der Waals surface area contributed by atoms with E-state index in [2.05, 4.69) is 11.5 Å². The average molecular weight is 221 g/mol. The minimum Gasteiger partial charge on any atom is -0.478 e. The molecule has 2 rings (SSSR count). The number of hydrogen-bond donors (Lipinski definition) is 1. The molecule has 0 aliphatic heterocycles. The van der Waals surface area contributed by atoms with Gasteiger partial charge in [-0.1, -0.05) is 6.42 Å². The average Bonchev–Trinajstić information content (AvgIpc) is 2.38. The summed E-state index contributed by atoms with van der Waals surface area (Å²) in [5.74, 6) is -0.0911. The lowest BCUT2D eigenvalue weighted by Gasteiger charge is -2.34. The van der Waals surface area contributed by atoms with Crippen molar-refractivity contribution in [3.63, 3.8) is 0 Å². The first kappa shape index (κ1) is 11.2. The predicted octanol–water partition coefficient (Wildman–Crippen LogP) is 3.16. The van der Waals surface area contributed by atoms with E-state index in [1.54, 1.807) is 6.07 Å². The fourth-order valence-electron chi connectivity index (χ4n) is 2.75. The van der Waals surface area contributed by atoms with E-state index in [1.165, 1.54) is 19.3 Å². The highest BCUT2D eigenvalue weighted by Crippen LogP contribution is 2.37. The lowest BCUT2D eigenvalue weighted by molar-refractivity contribution is 0.0695. The number of aromatic nitrogens is 1. The van der Waals surface area contributed by atoms with E-state index in [1.807, 2.05) is 13.8 Å². The molecule has 3 nitrogen and oxygen atoms in total. The molecule has 1 N–H and O–H groups in total. The highest BCUT2D eigenvalue weighted by Gasteiger charge is 2.28. The van der Waals surface area contributed by atoms with Crippen LogP contribution in [0.15, 0.2) is 6.07 Å². The van der Waals surface area contributed by atoms with Gasteiger partial charge in [0, 0.05) is 17.4 Å². The van der Waals surface area contributed by atoms with Gasteiger partial charge in [0.15, 0.2) is 0 Å². The van der Waals surface area contributed by atoms with E-state index in [4.69, 9.17) is 5.11 Å². The van der Waals surface area contributed by atoms with E-state index in [9.17, 15) is 4.79 Å². The van der Waals surface area contributed by atoms with Gasteiger partial charge in [0.2, 0.25) is 0 Å². The van der Waals surface area contributed by atoms with Crippen LogP contribution in [0.25, 0.3) is 0 Å². The SMILES string of the molecule is Cc1cc(C(=O)O)c(C)n1C(C)C1CCC1. The number of hydrogen-bond acceptors (Lipinski definition) is 1. The van der Waals surface area contributed by atoms with E-state index in [0.717, 1.165) is 17.3 Å². The Bertz CT molecular complexity index is 416. The van der Waals surface area contributed by atoms with E-state index in [0.29, 0.717) is 11.6 Å². The minimum absolute atomic E-state index is 0.432. The van der Waals surface area contributed by atoms with Crippen molar-refractivity contribution >= 4 is 5.97 Å². The molecular formula is C13H19NO2. The first-order chi connectivity index (χ1) is 7.52. The van der Waals surface area contributed by atoms with Crippen LogP contribution in [0.4, 0.5) is 0 Å². The van der Waals surface area contributed by atoms with Gasteiger partial charge >= 0.3 is 5.97 Å². The summed E-state index contributed by atoms with van der Waals surface area (Å²) in [5.41, 5.74) is 2.40. The van der Waals surface area contributed by atoms with E-state index in [-0.39, 0.29) is 0 Å². The summed E-state index contributed by atoms with van der Waals surface area (Å²) in [6, 6.07) is 2.22. The minimum atomic E-state index is -0.819. The van der Waals surface area contributed by atoms with Crippen molar-refractivity contribution in [2.45, 2.75) is 46.1 Å². The number of carboxylic acid groups (broad SMARTS) is 1. The van der Waals surface area contributed by atoms with Gasteiger partial charge in [0.05, 0.1) is 5.56 Å². The molecule has 0 spiro atoms. The van der Waals surface area contributed by atoms with Gasteiger partial charge in [-0.2, -0.15) is 0 Å². The van der Waals surface area contributed by atoms with Crippen molar-refractivity contribution in [3.8, 4) is 0 Å². The molecule has 1 heterocycles. The van der Waals surface area contributed by atoms with Crippen molar-refractivity contribution in [1.29, 1.82) is 0 Å². The number of aromatic carboxylic acids is 1. The number of nitrogens with zero attached hydrogens (tertiary/aromatic N) is 1.